The summed E-state index contributed by atoms with van der Waals surface area (Å²) in [6, 6.07) is 15.3. The summed E-state index contributed by atoms with van der Waals surface area (Å²) in [6.45, 7) is 8.35. The van der Waals surface area contributed by atoms with Crippen LogP contribution in [0.5, 0.6) is 5.75 Å². The Balaban J connectivity index is 1.26. The predicted molar refractivity (Wildman–Crippen MR) is 138 cm³/mol. The lowest BCUT2D eigenvalue weighted by Crippen LogP contribution is -2.50. The SMILES string of the molecule is Cc1ccccc1-c1nn2c(=O)cc(N3CCN(C(=O)COc4cccc(C)c4C)CC3)nc2s1. The highest BCUT2D eigenvalue weighted by Crippen LogP contribution is 2.28. The quantitative estimate of drug-likeness (QED) is 0.427. The third-order valence-electron chi connectivity index (χ3n) is 6.47. The lowest BCUT2D eigenvalue weighted by Gasteiger charge is -2.35. The Morgan fingerprint density at radius 3 is 2.51 bits per heavy atom. The van der Waals surface area contributed by atoms with Crippen LogP contribution in [-0.4, -0.2) is 58.2 Å². The van der Waals surface area contributed by atoms with Gasteiger partial charge in [0.1, 0.15) is 16.6 Å². The van der Waals surface area contributed by atoms with Gasteiger partial charge in [-0.05, 0) is 43.5 Å². The van der Waals surface area contributed by atoms with Crippen molar-refractivity contribution < 1.29 is 9.53 Å². The largest absolute Gasteiger partial charge is 0.483 e. The molecule has 0 N–H and O–H groups in total. The van der Waals surface area contributed by atoms with E-state index in [0.29, 0.717) is 37.0 Å². The van der Waals surface area contributed by atoms with Crippen LogP contribution in [-0.2, 0) is 4.79 Å². The number of benzene rings is 2. The topological polar surface area (TPSA) is 80.0 Å². The lowest BCUT2D eigenvalue weighted by molar-refractivity contribution is -0.133. The third kappa shape index (κ3) is 4.64. The van der Waals surface area contributed by atoms with Crippen molar-refractivity contribution in [3.63, 3.8) is 0 Å². The molecule has 2 aromatic carbocycles. The van der Waals surface area contributed by atoms with Crippen molar-refractivity contribution in [2.24, 2.45) is 0 Å². The Hall–Kier alpha value is -3.72. The first-order valence-corrected chi connectivity index (χ1v) is 12.4. The van der Waals surface area contributed by atoms with E-state index < -0.39 is 0 Å². The number of aromatic nitrogens is 3. The molecule has 0 bridgehead atoms. The number of carbonyl (C=O) groups excluding carboxylic acids is 1. The van der Waals surface area contributed by atoms with E-state index >= 15 is 0 Å². The number of rotatable bonds is 5. The van der Waals surface area contributed by atoms with Crippen LogP contribution < -0.4 is 15.2 Å². The molecule has 0 aliphatic carbocycles. The fourth-order valence-corrected chi connectivity index (χ4v) is 5.17. The van der Waals surface area contributed by atoms with Gasteiger partial charge in [-0.15, -0.1) is 0 Å². The minimum atomic E-state index is -0.207. The molecule has 1 amide bonds. The fourth-order valence-electron chi connectivity index (χ4n) is 4.18. The van der Waals surface area contributed by atoms with Crippen LogP contribution in [0.4, 0.5) is 5.82 Å². The smallest absolute Gasteiger partial charge is 0.277 e. The van der Waals surface area contributed by atoms with Crippen molar-refractivity contribution in [1.82, 2.24) is 19.5 Å². The summed E-state index contributed by atoms with van der Waals surface area (Å²) in [5.74, 6) is 1.32. The highest BCUT2D eigenvalue weighted by atomic mass is 32.1. The van der Waals surface area contributed by atoms with Gasteiger partial charge in [0.05, 0.1) is 0 Å². The number of fused-ring (bicyclic) bond motifs is 1. The van der Waals surface area contributed by atoms with E-state index in [-0.39, 0.29) is 18.1 Å². The molecule has 0 atom stereocenters. The van der Waals surface area contributed by atoms with Gasteiger partial charge in [-0.3, -0.25) is 9.59 Å². The Morgan fingerprint density at radius 2 is 1.74 bits per heavy atom. The molecule has 1 aliphatic rings. The number of ether oxygens (including phenoxy) is 1. The second-order valence-corrected chi connectivity index (χ2v) is 9.68. The van der Waals surface area contributed by atoms with Crippen molar-refractivity contribution >= 4 is 28.0 Å². The monoisotopic (exact) mass is 489 g/mol. The van der Waals surface area contributed by atoms with Crippen molar-refractivity contribution in [3.05, 3.63) is 75.6 Å². The van der Waals surface area contributed by atoms with Crippen molar-refractivity contribution in [2.45, 2.75) is 20.8 Å². The summed E-state index contributed by atoms with van der Waals surface area (Å²) in [5.41, 5.74) is 4.07. The van der Waals surface area contributed by atoms with Gasteiger partial charge >= 0.3 is 0 Å². The number of hydrogen-bond acceptors (Lipinski definition) is 7. The number of carbonyl (C=O) groups is 1. The van der Waals surface area contributed by atoms with Crippen molar-refractivity contribution in [2.75, 3.05) is 37.7 Å². The van der Waals surface area contributed by atoms with Gasteiger partial charge in [-0.1, -0.05) is 47.7 Å². The van der Waals surface area contributed by atoms with Crippen LogP contribution in [0.1, 0.15) is 16.7 Å². The fraction of sp³-hybridized carbons (Fsp3) is 0.308. The van der Waals surface area contributed by atoms with Gasteiger partial charge in [-0.25, -0.2) is 4.98 Å². The molecule has 1 saturated heterocycles. The molecule has 1 aliphatic heterocycles. The maximum atomic E-state index is 12.8. The van der Waals surface area contributed by atoms with Gasteiger partial charge in [0.15, 0.2) is 6.61 Å². The summed E-state index contributed by atoms with van der Waals surface area (Å²) >= 11 is 1.40. The second-order valence-electron chi connectivity index (χ2n) is 8.72. The molecule has 2 aromatic heterocycles. The number of piperazine rings is 1. The molecule has 9 heteroatoms. The molecule has 8 nitrogen and oxygen atoms in total. The zero-order valence-corrected chi connectivity index (χ0v) is 20.8. The van der Waals surface area contributed by atoms with E-state index in [4.69, 9.17) is 9.72 Å². The van der Waals surface area contributed by atoms with E-state index in [2.05, 4.69) is 5.10 Å². The molecule has 0 radical (unpaired) electrons. The maximum Gasteiger partial charge on any atom is 0.277 e. The molecule has 0 spiro atoms. The molecule has 1 fully saturated rings. The predicted octanol–water partition coefficient (Wildman–Crippen LogP) is 3.47. The molecular weight excluding hydrogens is 462 g/mol. The minimum Gasteiger partial charge on any atom is -0.483 e. The maximum absolute atomic E-state index is 12.8. The summed E-state index contributed by atoms with van der Waals surface area (Å²) in [6.07, 6.45) is 0. The minimum absolute atomic E-state index is 0.0123. The number of aryl methyl sites for hydroxylation is 2. The zero-order valence-electron chi connectivity index (χ0n) is 20.0. The first-order chi connectivity index (χ1) is 16.9. The summed E-state index contributed by atoms with van der Waals surface area (Å²) < 4.78 is 7.15. The molecule has 0 saturated carbocycles. The molecular formula is C26H27N5O3S. The van der Waals surface area contributed by atoms with Crippen LogP contribution in [0.2, 0.25) is 0 Å². The van der Waals surface area contributed by atoms with Gasteiger partial charge in [0.2, 0.25) is 4.96 Å². The Kier molecular flexibility index (Phi) is 6.25. The Morgan fingerprint density at radius 1 is 1.00 bits per heavy atom. The van der Waals surface area contributed by atoms with Crippen LogP contribution in [0.25, 0.3) is 15.5 Å². The van der Waals surface area contributed by atoms with E-state index in [0.717, 1.165) is 33.0 Å². The molecule has 0 unspecified atom stereocenters. The summed E-state index contributed by atoms with van der Waals surface area (Å²) in [5, 5.41) is 5.26. The highest BCUT2D eigenvalue weighted by Gasteiger charge is 2.23. The third-order valence-corrected chi connectivity index (χ3v) is 7.41. The molecule has 180 valence electrons. The molecule has 5 rings (SSSR count). The average molecular weight is 490 g/mol. The summed E-state index contributed by atoms with van der Waals surface area (Å²) in [4.78, 5) is 34.6. The Labute approximate surface area is 207 Å². The van der Waals surface area contributed by atoms with Gasteiger partial charge < -0.3 is 14.5 Å². The van der Waals surface area contributed by atoms with Crippen LogP contribution in [0, 0.1) is 20.8 Å². The number of anilines is 1. The van der Waals surface area contributed by atoms with Gasteiger partial charge in [-0.2, -0.15) is 9.61 Å². The van der Waals surface area contributed by atoms with Crippen LogP contribution in [0.3, 0.4) is 0 Å². The van der Waals surface area contributed by atoms with Crippen LogP contribution in [0.15, 0.2) is 53.3 Å². The van der Waals surface area contributed by atoms with E-state index in [9.17, 15) is 9.59 Å². The van der Waals surface area contributed by atoms with Gasteiger partial charge in [0.25, 0.3) is 11.5 Å². The first kappa shape index (κ1) is 23.0. The molecule has 3 heterocycles. The Bertz CT molecular complexity index is 1450. The second kappa shape index (κ2) is 9.50. The van der Waals surface area contributed by atoms with Crippen LogP contribution >= 0.6 is 11.3 Å². The van der Waals surface area contributed by atoms with Gasteiger partial charge in [0, 0.05) is 37.8 Å². The lowest BCUT2D eigenvalue weighted by atomic mass is 10.1. The zero-order chi connectivity index (χ0) is 24.5. The van der Waals surface area contributed by atoms with E-state index in [1.807, 2.05) is 68.1 Å². The van der Waals surface area contributed by atoms with E-state index in [1.165, 1.54) is 21.9 Å². The number of amides is 1. The molecule has 4 aromatic rings. The number of nitrogens with zero attached hydrogens (tertiary/aromatic N) is 5. The first-order valence-electron chi connectivity index (χ1n) is 11.6. The highest BCUT2D eigenvalue weighted by molar-refractivity contribution is 7.19. The summed E-state index contributed by atoms with van der Waals surface area (Å²) in [7, 11) is 0. The van der Waals surface area contributed by atoms with E-state index in [1.54, 1.807) is 4.90 Å². The average Bonchev–Trinajstić information content (AvgIpc) is 3.30. The van der Waals surface area contributed by atoms with Crippen molar-refractivity contribution in [1.29, 1.82) is 0 Å². The standard InChI is InChI=1S/C26H27N5O3S/c1-17-8-6-10-21(19(17)3)34-16-24(33)30-13-11-29(12-14-30)22-15-23(32)31-26(27-22)35-25(28-31)20-9-5-4-7-18(20)2/h4-10,15H,11-14,16H2,1-3H3. The molecule has 35 heavy (non-hydrogen) atoms. The normalized spacial score (nSPS) is 13.9. The number of hydrogen-bond donors (Lipinski definition) is 0. The van der Waals surface area contributed by atoms with Crippen molar-refractivity contribution in [3.8, 4) is 16.3 Å².